The standard InChI is InChI=1S/C30H28N4O6/c35-25(39-18-22-12-6-2-7-13-22)17-31-28(36)26-27(33-20-32-26)29(37)34-24(16-21-10-4-1-5-11-21)30(38)40-19-23-14-8-3-9-15-23/h1-15,20,24H,16-19H2,(H,31,36)(H,32,33)(H,34,37)/t24-/m0/s1. The molecule has 0 radical (unpaired) electrons. The summed E-state index contributed by atoms with van der Waals surface area (Å²) in [4.78, 5) is 57.5. The first-order chi connectivity index (χ1) is 19.5. The Morgan fingerprint density at radius 3 is 1.88 bits per heavy atom. The van der Waals surface area contributed by atoms with E-state index in [9.17, 15) is 19.2 Å². The molecular formula is C30H28N4O6. The molecular weight excluding hydrogens is 512 g/mol. The van der Waals surface area contributed by atoms with Crippen molar-refractivity contribution in [2.24, 2.45) is 0 Å². The van der Waals surface area contributed by atoms with Crippen molar-refractivity contribution in [2.75, 3.05) is 6.54 Å². The minimum absolute atomic E-state index is 0.0390. The van der Waals surface area contributed by atoms with Crippen LogP contribution in [-0.2, 0) is 38.7 Å². The molecule has 0 aliphatic rings. The first-order valence-corrected chi connectivity index (χ1v) is 12.6. The van der Waals surface area contributed by atoms with Gasteiger partial charge in [-0.05, 0) is 16.7 Å². The molecule has 1 heterocycles. The van der Waals surface area contributed by atoms with Crippen LogP contribution in [-0.4, -0.2) is 46.3 Å². The molecule has 3 aromatic carbocycles. The van der Waals surface area contributed by atoms with Crippen LogP contribution in [0.2, 0.25) is 0 Å². The van der Waals surface area contributed by atoms with Gasteiger partial charge in [0.25, 0.3) is 11.8 Å². The van der Waals surface area contributed by atoms with Gasteiger partial charge in [-0.15, -0.1) is 0 Å². The molecule has 10 nitrogen and oxygen atoms in total. The molecule has 0 aliphatic carbocycles. The van der Waals surface area contributed by atoms with Gasteiger partial charge in [0, 0.05) is 6.42 Å². The summed E-state index contributed by atoms with van der Waals surface area (Å²) in [6.07, 6.45) is 1.34. The maximum Gasteiger partial charge on any atom is 0.329 e. The lowest BCUT2D eigenvalue weighted by atomic mass is 10.1. The number of nitrogens with one attached hydrogen (secondary N) is 3. The molecule has 204 valence electrons. The monoisotopic (exact) mass is 540 g/mol. The zero-order valence-electron chi connectivity index (χ0n) is 21.5. The van der Waals surface area contributed by atoms with Crippen molar-refractivity contribution in [3.63, 3.8) is 0 Å². The molecule has 2 amide bonds. The van der Waals surface area contributed by atoms with E-state index in [1.165, 1.54) is 6.33 Å². The van der Waals surface area contributed by atoms with Gasteiger partial charge in [0.2, 0.25) is 0 Å². The first kappa shape index (κ1) is 27.8. The lowest BCUT2D eigenvalue weighted by Crippen LogP contribution is -2.44. The summed E-state index contributed by atoms with van der Waals surface area (Å²) in [5.74, 6) is -2.77. The van der Waals surface area contributed by atoms with Gasteiger partial charge in [0.15, 0.2) is 5.69 Å². The largest absolute Gasteiger partial charge is 0.460 e. The van der Waals surface area contributed by atoms with Crippen LogP contribution in [0.15, 0.2) is 97.3 Å². The van der Waals surface area contributed by atoms with Gasteiger partial charge in [-0.25, -0.2) is 9.78 Å². The van der Waals surface area contributed by atoms with Gasteiger partial charge < -0.3 is 25.1 Å². The Morgan fingerprint density at radius 1 is 0.725 bits per heavy atom. The normalized spacial score (nSPS) is 11.2. The summed E-state index contributed by atoms with van der Waals surface area (Å²) in [7, 11) is 0. The highest BCUT2D eigenvalue weighted by molar-refractivity contribution is 6.06. The summed E-state index contributed by atoms with van der Waals surface area (Å²) in [6.45, 7) is -0.304. The molecule has 4 aromatic rings. The van der Waals surface area contributed by atoms with Crippen molar-refractivity contribution < 1.29 is 28.7 Å². The molecule has 1 aromatic heterocycles. The molecule has 0 spiro atoms. The third-order valence-corrected chi connectivity index (χ3v) is 5.81. The summed E-state index contributed by atoms with van der Waals surface area (Å²) in [5, 5.41) is 5.05. The molecule has 40 heavy (non-hydrogen) atoms. The van der Waals surface area contributed by atoms with Gasteiger partial charge in [0.1, 0.15) is 31.5 Å². The van der Waals surface area contributed by atoms with Crippen molar-refractivity contribution in [3.8, 4) is 0 Å². The Kier molecular flexibility index (Phi) is 9.76. The summed E-state index contributed by atoms with van der Waals surface area (Å²) in [6, 6.07) is 26.4. The molecule has 4 rings (SSSR count). The Bertz CT molecular complexity index is 1420. The van der Waals surface area contributed by atoms with Crippen molar-refractivity contribution in [2.45, 2.75) is 25.7 Å². The Balaban J connectivity index is 1.37. The van der Waals surface area contributed by atoms with E-state index in [1.54, 1.807) is 0 Å². The number of hydrogen-bond donors (Lipinski definition) is 3. The van der Waals surface area contributed by atoms with Crippen LogP contribution in [0.1, 0.15) is 37.7 Å². The number of hydrogen-bond acceptors (Lipinski definition) is 7. The number of aromatic amines is 1. The van der Waals surface area contributed by atoms with E-state index in [4.69, 9.17) is 9.47 Å². The van der Waals surface area contributed by atoms with Gasteiger partial charge in [-0.3, -0.25) is 14.4 Å². The van der Waals surface area contributed by atoms with E-state index < -0.39 is 36.3 Å². The third kappa shape index (κ3) is 8.12. The second-order valence-electron chi connectivity index (χ2n) is 8.76. The van der Waals surface area contributed by atoms with Gasteiger partial charge in [0.05, 0.1) is 6.33 Å². The number of nitrogens with zero attached hydrogens (tertiary/aromatic N) is 1. The van der Waals surface area contributed by atoms with Crippen LogP contribution in [0.4, 0.5) is 0 Å². The second kappa shape index (κ2) is 14.1. The minimum atomic E-state index is -1.04. The van der Waals surface area contributed by atoms with E-state index in [1.807, 2.05) is 91.0 Å². The van der Waals surface area contributed by atoms with E-state index in [-0.39, 0.29) is 31.0 Å². The van der Waals surface area contributed by atoms with Crippen molar-refractivity contribution in [1.82, 2.24) is 20.6 Å². The SMILES string of the molecule is O=C(CNC(=O)c1[nH]cnc1C(=O)N[C@@H](Cc1ccccc1)C(=O)OCc1ccccc1)OCc1ccccc1. The van der Waals surface area contributed by atoms with Crippen molar-refractivity contribution in [1.29, 1.82) is 0 Å². The number of rotatable bonds is 12. The van der Waals surface area contributed by atoms with E-state index in [2.05, 4.69) is 20.6 Å². The smallest absolute Gasteiger partial charge is 0.329 e. The predicted molar refractivity (Wildman–Crippen MR) is 145 cm³/mol. The summed E-state index contributed by atoms with van der Waals surface area (Å²) in [5.41, 5.74) is 2.02. The maximum atomic E-state index is 13.1. The summed E-state index contributed by atoms with van der Waals surface area (Å²) >= 11 is 0. The number of ether oxygens (including phenoxy) is 2. The highest BCUT2D eigenvalue weighted by Crippen LogP contribution is 2.10. The molecule has 1 atom stereocenters. The van der Waals surface area contributed by atoms with Crippen LogP contribution < -0.4 is 10.6 Å². The van der Waals surface area contributed by atoms with Gasteiger partial charge in [-0.2, -0.15) is 0 Å². The molecule has 10 heteroatoms. The zero-order valence-corrected chi connectivity index (χ0v) is 21.5. The van der Waals surface area contributed by atoms with Crippen LogP contribution in [0, 0.1) is 0 Å². The number of carbonyl (C=O) groups excluding carboxylic acids is 4. The average molecular weight is 541 g/mol. The number of carbonyl (C=O) groups is 4. The highest BCUT2D eigenvalue weighted by Gasteiger charge is 2.27. The third-order valence-electron chi connectivity index (χ3n) is 5.81. The Morgan fingerprint density at radius 2 is 1.27 bits per heavy atom. The Hall–Kier alpha value is -5.25. The van der Waals surface area contributed by atoms with E-state index in [0.717, 1.165) is 16.7 Å². The topological polar surface area (TPSA) is 139 Å². The van der Waals surface area contributed by atoms with Crippen molar-refractivity contribution >= 4 is 23.8 Å². The van der Waals surface area contributed by atoms with Crippen LogP contribution in [0.25, 0.3) is 0 Å². The quantitative estimate of drug-likeness (QED) is 0.235. The number of aromatic nitrogens is 2. The molecule has 0 saturated carbocycles. The number of imidazole rings is 1. The zero-order chi connectivity index (χ0) is 28.2. The van der Waals surface area contributed by atoms with Crippen LogP contribution >= 0.6 is 0 Å². The van der Waals surface area contributed by atoms with Crippen LogP contribution in [0.3, 0.4) is 0 Å². The minimum Gasteiger partial charge on any atom is -0.460 e. The molecule has 0 saturated heterocycles. The lowest BCUT2D eigenvalue weighted by Gasteiger charge is -2.18. The molecule has 3 N–H and O–H groups in total. The fraction of sp³-hybridized carbons (Fsp3) is 0.167. The van der Waals surface area contributed by atoms with Crippen molar-refractivity contribution in [3.05, 3.63) is 125 Å². The number of benzene rings is 3. The van der Waals surface area contributed by atoms with Gasteiger partial charge in [-0.1, -0.05) is 91.0 Å². The molecule has 0 bridgehead atoms. The number of amides is 2. The van der Waals surface area contributed by atoms with Gasteiger partial charge >= 0.3 is 11.9 Å². The summed E-state index contributed by atoms with van der Waals surface area (Å²) < 4.78 is 10.6. The fourth-order valence-electron chi connectivity index (χ4n) is 3.77. The van der Waals surface area contributed by atoms with Crippen LogP contribution in [0.5, 0.6) is 0 Å². The highest BCUT2D eigenvalue weighted by atomic mass is 16.5. The Labute approximate surface area is 230 Å². The number of esters is 2. The lowest BCUT2D eigenvalue weighted by molar-refractivity contribution is -0.147. The predicted octanol–water partition coefficient (Wildman–Crippen LogP) is 2.97. The first-order valence-electron chi connectivity index (χ1n) is 12.6. The fourth-order valence-corrected chi connectivity index (χ4v) is 3.77. The average Bonchev–Trinajstić information content (AvgIpc) is 3.49. The van der Waals surface area contributed by atoms with E-state index in [0.29, 0.717) is 0 Å². The maximum absolute atomic E-state index is 13.1. The molecule has 0 aliphatic heterocycles. The molecule has 0 fully saturated rings. The second-order valence-corrected chi connectivity index (χ2v) is 8.76. The number of H-pyrrole nitrogens is 1. The van der Waals surface area contributed by atoms with E-state index >= 15 is 0 Å². The molecule has 0 unspecified atom stereocenters.